The van der Waals surface area contributed by atoms with E-state index < -0.39 is 6.10 Å². The van der Waals surface area contributed by atoms with Crippen molar-refractivity contribution in [1.29, 1.82) is 0 Å². The van der Waals surface area contributed by atoms with Gasteiger partial charge in [0, 0.05) is 19.5 Å². The molecule has 0 bridgehead atoms. The van der Waals surface area contributed by atoms with E-state index in [1.165, 1.54) is 5.56 Å². The van der Waals surface area contributed by atoms with Crippen molar-refractivity contribution < 1.29 is 9.90 Å². The van der Waals surface area contributed by atoms with E-state index in [4.69, 9.17) is 5.73 Å². The van der Waals surface area contributed by atoms with Crippen molar-refractivity contribution in [2.45, 2.75) is 38.8 Å². The summed E-state index contributed by atoms with van der Waals surface area (Å²) >= 11 is 0. The maximum atomic E-state index is 11.8. The number of carbonyl (C=O) groups is 1. The first kappa shape index (κ1) is 14.0. The average Bonchev–Trinajstić information content (AvgIpc) is 2.71. The zero-order chi connectivity index (χ0) is 14.0. The second-order valence-electron chi connectivity index (χ2n) is 5.29. The molecule has 0 radical (unpaired) electrons. The Bertz CT molecular complexity index is 473. The number of nitrogens with two attached hydrogens (primary N) is 1. The molecule has 1 amide bonds. The minimum absolute atomic E-state index is 0.0965. The Labute approximate surface area is 114 Å². The Morgan fingerprint density at radius 1 is 1.47 bits per heavy atom. The zero-order valence-corrected chi connectivity index (χ0v) is 11.6. The summed E-state index contributed by atoms with van der Waals surface area (Å²) in [5, 5.41) is 10.6. The van der Waals surface area contributed by atoms with Crippen molar-refractivity contribution in [1.82, 2.24) is 4.90 Å². The molecule has 0 spiro atoms. The molecule has 1 fully saturated rings. The lowest BCUT2D eigenvalue weighted by Gasteiger charge is -2.29. The topological polar surface area (TPSA) is 66.6 Å². The fourth-order valence-electron chi connectivity index (χ4n) is 2.88. The van der Waals surface area contributed by atoms with E-state index >= 15 is 0 Å². The molecular formula is C15H22N2O2. The molecule has 4 heteroatoms. The molecular weight excluding hydrogens is 240 g/mol. The Balaban J connectivity index is 2.23. The Kier molecular flexibility index (Phi) is 4.22. The Morgan fingerprint density at radius 3 is 2.84 bits per heavy atom. The number of carbonyl (C=O) groups excluding carboxylic acids is 1. The third-order valence-electron chi connectivity index (χ3n) is 3.85. The number of rotatable bonds is 4. The average molecular weight is 262 g/mol. The summed E-state index contributed by atoms with van der Waals surface area (Å²) in [5.41, 5.74) is 8.70. The van der Waals surface area contributed by atoms with Crippen molar-refractivity contribution >= 4 is 5.91 Å². The minimum atomic E-state index is -0.626. The molecule has 2 atom stereocenters. The number of benzene rings is 1. The number of amides is 1. The van der Waals surface area contributed by atoms with Gasteiger partial charge in [0.25, 0.3) is 0 Å². The molecule has 19 heavy (non-hydrogen) atoms. The summed E-state index contributed by atoms with van der Waals surface area (Å²) in [6.07, 6.45) is 0.582. The van der Waals surface area contributed by atoms with Crippen LogP contribution in [0.15, 0.2) is 18.2 Å². The Hall–Kier alpha value is -1.39. The lowest BCUT2D eigenvalue weighted by Crippen LogP contribution is -2.40. The van der Waals surface area contributed by atoms with Crippen LogP contribution in [0.3, 0.4) is 0 Å². The maximum absolute atomic E-state index is 11.8. The second kappa shape index (κ2) is 5.72. The van der Waals surface area contributed by atoms with Crippen molar-refractivity contribution in [2.75, 3.05) is 13.1 Å². The fraction of sp³-hybridized carbons (Fsp3) is 0.533. The van der Waals surface area contributed by atoms with Gasteiger partial charge in [0.1, 0.15) is 0 Å². The fourth-order valence-corrected chi connectivity index (χ4v) is 2.88. The molecule has 0 aliphatic carbocycles. The molecule has 1 heterocycles. The second-order valence-corrected chi connectivity index (χ2v) is 5.29. The third-order valence-corrected chi connectivity index (χ3v) is 3.85. The number of aliphatic hydroxyl groups excluding tert-OH is 1. The Morgan fingerprint density at radius 2 is 2.21 bits per heavy atom. The smallest absolute Gasteiger partial charge is 0.223 e. The monoisotopic (exact) mass is 262 g/mol. The van der Waals surface area contributed by atoms with Crippen LogP contribution in [0.4, 0.5) is 0 Å². The van der Waals surface area contributed by atoms with E-state index in [1.54, 1.807) is 4.90 Å². The van der Waals surface area contributed by atoms with Gasteiger partial charge >= 0.3 is 0 Å². The van der Waals surface area contributed by atoms with Crippen LogP contribution < -0.4 is 5.73 Å². The molecule has 1 aromatic carbocycles. The van der Waals surface area contributed by atoms with Gasteiger partial charge in [0.05, 0.1) is 12.1 Å². The molecule has 0 unspecified atom stereocenters. The van der Waals surface area contributed by atoms with Crippen molar-refractivity contribution in [3.05, 3.63) is 34.9 Å². The zero-order valence-electron chi connectivity index (χ0n) is 11.6. The summed E-state index contributed by atoms with van der Waals surface area (Å²) in [7, 11) is 0. The number of hydrogen-bond donors (Lipinski definition) is 2. The van der Waals surface area contributed by atoms with Crippen molar-refractivity contribution in [3.8, 4) is 0 Å². The first-order chi connectivity index (χ1) is 9.04. The van der Waals surface area contributed by atoms with Crippen molar-refractivity contribution in [2.24, 2.45) is 5.73 Å². The van der Waals surface area contributed by atoms with Gasteiger partial charge in [-0.3, -0.25) is 4.79 Å². The number of aliphatic hydroxyl groups is 1. The molecule has 3 N–H and O–H groups in total. The van der Waals surface area contributed by atoms with E-state index in [9.17, 15) is 9.90 Å². The molecule has 1 aromatic rings. The standard InChI is InChI=1S/C15H22N2O2/c1-10-3-4-12(11(2)9-10)15(19)13-5-6-14(18)17(13)8-7-16/h3-4,9,13,15,19H,5-8,16H2,1-2H3/t13-,15+/m0/s1. The van der Waals surface area contributed by atoms with Gasteiger partial charge in [-0.15, -0.1) is 0 Å². The molecule has 104 valence electrons. The molecule has 1 aliphatic heterocycles. The predicted octanol–water partition coefficient (Wildman–Crippen LogP) is 1.29. The quantitative estimate of drug-likeness (QED) is 0.859. The highest BCUT2D eigenvalue weighted by Gasteiger charge is 2.36. The first-order valence-corrected chi connectivity index (χ1v) is 6.79. The lowest BCUT2D eigenvalue weighted by atomic mass is 9.95. The first-order valence-electron chi connectivity index (χ1n) is 6.79. The van der Waals surface area contributed by atoms with Crippen LogP contribution in [0.2, 0.25) is 0 Å². The largest absolute Gasteiger partial charge is 0.386 e. The van der Waals surface area contributed by atoms with Gasteiger partial charge in [-0.25, -0.2) is 0 Å². The van der Waals surface area contributed by atoms with E-state index in [0.29, 0.717) is 25.9 Å². The minimum Gasteiger partial charge on any atom is -0.386 e. The van der Waals surface area contributed by atoms with E-state index in [-0.39, 0.29) is 11.9 Å². The molecule has 4 nitrogen and oxygen atoms in total. The van der Waals surface area contributed by atoms with E-state index in [1.807, 2.05) is 26.0 Å². The number of likely N-dealkylation sites (tertiary alicyclic amines) is 1. The normalized spacial score (nSPS) is 20.9. The number of hydrogen-bond acceptors (Lipinski definition) is 3. The van der Waals surface area contributed by atoms with Gasteiger partial charge in [-0.2, -0.15) is 0 Å². The van der Waals surface area contributed by atoms with Gasteiger partial charge < -0.3 is 15.7 Å². The highest BCUT2D eigenvalue weighted by Crippen LogP contribution is 2.31. The summed E-state index contributed by atoms with van der Waals surface area (Å²) in [6.45, 7) is 4.98. The molecule has 2 rings (SSSR count). The summed E-state index contributed by atoms with van der Waals surface area (Å²) < 4.78 is 0. The number of aryl methyl sites for hydroxylation is 2. The van der Waals surface area contributed by atoms with E-state index in [2.05, 4.69) is 6.07 Å². The molecule has 0 aromatic heterocycles. The predicted molar refractivity (Wildman–Crippen MR) is 74.7 cm³/mol. The van der Waals surface area contributed by atoms with Crippen LogP contribution in [0.25, 0.3) is 0 Å². The van der Waals surface area contributed by atoms with Crippen LogP contribution in [-0.2, 0) is 4.79 Å². The summed E-state index contributed by atoms with van der Waals surface area (Å²) in [5.74, 6) is 0.0965. The highest BCUT2D eigenvalue weighted by molar-refractivity contribution is 5.79. The van der Waals surface area contributed by atoms with Crippen LogP contribution in [0, 0.1) is 13.8 Å². The molecule has 1 saturated heterocycles. The van der Waals surface area contributed by atoms with Crippen molar-refractivity contribution in [3.63, 3.8) is 0 Å². The van der Waals surface area contributed by atoms with E-state index in [0.717, 1.165) is 11.1 Å². The third kappa shape index (κ3) is 2.80. The van der Waals surface area contributed by atoms with Gasteiger partial charge in [0.15, 0.2) is 0 Å². The van der Waals surface area contributed by atoms with Gasteiger partial charge in [-0.1, -0.05) is 23.8 Å². The van der Waals surface area contributed by atoms with Crippen LogP contribution >= 0.6 is 0 Å². The highest BCUT2D eigenvalue weighted by atomic mass is 16.3. The van der Waals surface area contributed by atoms with Gasteiger partial charge in [0.2, 0.25) is 5.91 Å². The summed E-state index contributed by atoms with van der Waals surface area (Å²) in [4.78, 5) is 13.5. The van der Waals surface area contributed by atoms with Crippen LogP contribution in [0.5, 0.6) is 0 Å². The lowest BCUT2D eigenvalue weighted by molar-refractivity contribution is -0.130. The van der Waals surface area contributed by atoms with Crippen LogP contribution in [-0.4, -0.2) is 35.0 Å². The maximum Gasteiger partial charge on any atom is 0.223 e. The SMILES string of the molecule is Cc1ccc([C@@H](O)[C@@H]2CCC(=O)N2CCN)c(C)c1. The van der Waals surface area contributed by atoms with Gasteiger partial charge in [-0.05, 0) is 31.4 Å². The molecule has 0 saturated carbocycles. The summed E-state index contributed by atoms with van der Waals surface area (Å²) in [6, 6.07) is 5.87. The molecule has 1 aliphatic rings. The van der Waals surface area contributed by atoms with Crippen LogP contribution in [0.1, 0.15) is 35.6 Å². The number of nitrogens with zero attached hydrogens (tertiary/aromatic N) is 1.